The maximum atomic E-state index is 11.8. The van der Waals surface area contributed by atoms with Gasteiger partial charge in [0.25, 0.3) is 0 Å². The topological polar surface area (TPSA) is 96.5 Å². The van der Waals surface area contributed by atoms with Crippen LogP contribution in [0.15, 0.2) is 40.4 Å². The number of nitrogens with zero attached hydrogens (tertiary/aromatic N) is 2. The first-order valence-corrected chi connectivity index (χ1v) is 8.43. The highest BCUT2D eigenvalue weighted by atomic mass is 32.2. The van der Waals surface area contributed by atoms with Crippen LogP contribution in [0.5, 0.6) is 0 Å². The maximum absolute atomic E-state index is 11.8. The van der Waals surface area contributed by atoms with Crippen molar-refractivity contribution in [1.29, 1.82) is 0 Å². The van der Waals surface area contributed by atoms with Crippen LogP contribution in [0.3, 0.4) is 0 Å². The number of carbonyl (C=O) groups is 2. The number of pyridine rings is 1. The average molecular weight is 335 g/mol. The van der Waals surface area contributed by atoms with Crippen molar-refractivity contribution in [3.05, 3.63) is 46.1 Å². The zero-order valence-electron chi connectivity index (χ0n) is 11.4. The van der Waals surface area contributed by atoms with Crippen molar-refractivity contribution in [2.75, 3.05) is 5.75 Å². The lowest BCUT2D eigenvalue weighted by molar-refractivity contribution is -0.147. The Bertz CT molecular complexity index is 675. The number of hydrogen-bond acceptors (Lipinski definition) is 6. The number of fused-ring (bicyclic) bond motifs is 1. The van der Waals surface area contributed by atoms with Crippen LogP contribution >= 0.6 is 23.5 Å². The van der Waals surface area contributed by atoms with Crippen molar-refractivity contribution in [3.63, 3.8) is 0 Å². The van der Waals surface area contributed by atoms with Crippen LogP contribution in [0, 0.1) is 0 Å². The number of rotatable bonds is 4. The van der Waals surface area contributed by atoms with Crippen LogP contribution in [-0.4, -0.2) is 44.0 Å². The summed E-state index contributed by atoms with van der Waals surface area (Å²) in [5, 5.41) is 10.9. The van der Waals surface area contributed by atoms with Gasteiger partial charge in [0.1, 0.15) is 17.1 Å². The number of amides is 1. The van der Waals surface area contributed by atoms with Crippen molar-refractivity contribution in [1.82, 2.24) is 9.88 Å². The second-order valence-corrected chi connectivity index (χ2v) is 6.79. The molecule has 0 aliphatic carbocycles. The fourth-order valence-electron chi connectivity index (χ4n) is 2.24. The Morgan fingerprint density at radius 1 is 1.55 bits per heavy atom. The van der Waals surface area contributed by atoms with E-state index in [9.17, 15) is 14.7 Å². The van der Waals surface area contributed by atoms with Crippen LogP contribution in [0.1, 0.15) is 5.69 Å². The van der Waals surface area contributed by atoms with E-state index in [2.05, 4.69) is 4.98 Å². The van der Waals surface area contributed by atoms with Crippen LogP contribution in [-0.2, 0) is 9.59 Å². The smallest absolute Gasteiger partial charge is 0.353 e. The molecule has 1 aromatic heterocycles. The number of carbonyl (C=O) groups excluding carboxylic acids is 1. The van der Waals surface area contributed by atoms with Crippen LogP contribution in [0.25, 0.3) is 6.08 Å². The van der Waals surface area contributed by atoms with Gasteiger partial charge in [-0.15, -0.1) is 11.8 Å². The first-order chi connectivity index (χ1) is 10.6. The molecule has 1 aromatic rings. The minimum Gasteiger partial charge on any atom is -0.477 e. The van der Waals surface area contributed by atoms with E-state index in [-0.39, 0.29) is 17.0 Å². The van der Waals surface area contributed by atoms with E-state index in [0.717, 1.165) is 5.69 Å². The van der Waals surface area contributed by atoms with Crippen molar-refractivity contribution >= 4 is 41.5 Å². The van der Waals surface area contributed by atoms with Gasteiger partial charge in [0.05, 0.1) is 5.69 Å². The Morgan fingerprint density at radius 3 is 3.05 bits per heavy atom. The molecule has 0 radical (unpaired) electrons. The van der Waals surface area contributed by atoms with Gasteiger partial charge in [-0.05, 0) is 23.6 Å². The summed E-state index contributed by atoms with van der Waals surface area (Å²) in [5.41, 5.74) is 6.54. The molecule has 1 saturated heterocycles. The summed E-state index contributed by atoms with van der Waals surface area (Å²) in [6, 6.07) is 4.95. The lowest BCUT2D eigenvalue weighted by Crippen LogP contribution is -2.68. The molecule has 2 aliphatic rings. The highest BCUT2D eigenvalue weighted by Crippen LogP contribution is 2.42. The lowest BCUT2D eigenvalue weighted by atomic mass is 10.1. The molecular weight excluding hydrogens is 322 g/mol. The molecule has 0 aromatic carbocycles. The third kappa shape index (κ3) is 2.65. The molecule has 2 aliphatic heterocycles. The SMILES string of the molecule is NC1C(=O)N2C(C(=O)O)=C(S/C=C\c3ccccn3)CS[C@@H]12. The number of carboxylic acids is 1. The number of aliphatic carboxylic acids is 1. The van der Waals surface area contributed by atoms with Crippen molar-refractivity contribution in [2.24, 2.45) is 5.73 Å². The molecule has 0 bridgehead atoms. The molecule has 3 N–H and O–H groups in total. The summed E-state index contributed by atoms with van der Waals surface area (Å²) >= 11 is 2.78. The summed E-state index contributed by atoms with van der Waals surface area (Å²) in [7, 11) is 0. The second-order valence-electron chi connectivity index (χ2n) is 4.69. The van der Waals surface area contributed by atoms with E-state index in [1.54, 1.807) is 17.7 Å². The van der Waals surface area contributed by atoms with Gasteiger partial charge in [-0.3, -0.25) is 14.7 Å². The maximum Gasteiger partial charge on any atom is 0.353 e. The third-order valence-electron chi connectivity index (χ3n) is 3.31. The number of thioether (sulfide) groups is 2. The Morgan fingerprint density at radius 2 is 2.36 bits per heavy atom. The quantitative estimate of drug-likeness (QED) is 0.801. The fourth-order valence-corrected chi connectivity index (χ4v) is 4.52. The highest BCUT2D eigenvalue weighted by Gasteiger charge is 2.51. The van der Waals surface area contributed by atoms with Gasteiger partial charge in [-0.2, -0.15) is 0 Å². The van der Waals surface area contributed by atoms with E-state index in [0.29, 0.717) is 10.7 Å². The molecule has 22 heavy (non-hydrogen) atoms. The minimum absolute atomic E-state index is 0.0473. The number of nitrogens with two attached hydrogens (primary N) is 1. The van der Waals surface area contributed by atoms with E-state index >= 15 is 0 Å². The molecule has 0 saturated carbocycles. The van der Waals surface area contributed by atoms with Gasteiger partial charge in [0.15, 0.2) is 0 Å². The average Bonchev–Trinajstić information content (AvgIpc) is 2.54. The molecule has 2 atom stereocenters. The van der Waals surface area contributed by atoms with Crippen molar-refractivity contribution in [3.8, 4) is 0 Å². The fraction of sp³-hybridized carbons (Fsp3) is 0.214. The van der Waals surface area contributed by atoms with Gasteiger partial charge in [0.2, 0.25) is 5.91 Å². The molecule has 1 fully saturated rings. The Balaban J connectivity index is 1.80. The summed E-state index contributed by atoms with van der Waals surface area (Å²) in [6.45, 7) is 0. The van der Waals surface area contributed by atoms with Crippen LogP contribution in [0.2, 0.25) is 0 Å². The first kappa shape index (κ1) is 15.1. The molecule has 114 valence electrons. The van der Waals surface area contributed by atoms with E-state index in [4.69, 9.17) is 5.73 Å². The van der Waals surface area contributed by atoms with Gasteiger partial charge < -0.3 is 10.8 Å². The van der Waals surface area contributed by atoms with Crippen LogP contribution < -0.4 is 5.73 Å². The number of β-lactam (4-membered cyclic amide) rings is 1. The molecule has 3 rings (SSSR count). The highest BCUT2D eigenvalue weighted by molar-refractivity contribution is 8.08. The largest absolute Gasteiger partial charge is 0.477 e. The van der Waals surface area contributed by atoms with Gasteiger partial charge in [-0.1, -0.05) is 17.8 Å². The normalized spacial score (nSPS) is 24.4. The Kier molecular flexibility index (Phi) is 4.23. The number of aromatic nitrogens is 1. The Hall–Kier alpha value is -1.77. The summed E-state index contributed by atoms with van der Waals surface area (Å²) in [4.78, 5) is 29.4. The molecule has 3 heterocycles. The molecule has 6 nitrogen and oxygen atoms in total. The van der Waals surface area contributed by atoms with E-state index in [1.165, 1.54) is 28.4 Å². The predicted molar refractivity (Wildman–Crippen MR) is 86.6 cm³/mol. The van der Waals surface area contributed by atoms with Crippen molar-refractivity contribution in [2.45, 2.75) is 11.4 Å². The summed E-state index contributed by atoms with van der Waals surface area (Å²) in [5.74, 6) is -0.901. The number of carboxylic acid groups (broad SMARTS) is 1. The second kappa shape index (κ2) is 6.15. The number of hydrogen-bond donors (Lipinski definition) is 2. The van der Waals surface area contributed by atoms with E-state index in [1.807, 2.05) is 18.2 Å². The van der Waals surface area contributed by atoms with E-state index < -0.39 is 12.0 Å². The van der Waals surface area contributed by atoms with Gasteiger partial charge in [-0.25, -0.2) is 4.79 Å². The predicted octanol–water partition coefficient (Wildman–Crippen LogP) is 1.32. The first-order valence-electron chi connectivity index (χ1n) is 6.50. The zero-order chi connectivity index (χ0) is 15.7. The molecule has 1 amide bonds. The molecule has 0 spiro atoms. The molecule has 1 unspecified atom stereocenters. The van der Waals surface area contributed by atoms with Crippen LogP contribution in [0.4, 0.5) is 0 Å². The summed E-state index contributed by atoms with van der Waals surface area (Å²) in [6.07, 6.45) is 3.49. The van der Waals surface area contributed by atoms with Gasteiger partial charge >= 0.3 is 5.97 Å². The van der Waals surface area contributed by atoms with Gasteiger partial charge in [0, 0.05) is 16.9 Å². The lowest BCUT2D eigenvalue weighted by Gasteiger charge is -2.47. The standard InChI is InChI=1S/C14H13N3O3S2/c15-10-12(18)17-11(14(19)20)9(7-22-13(10)17)21-6-4-8-3-1-2-5-16-8/h1-6,10,13H,7,15H2,(H,19,20)/b6-4-/t10?,13-/m0/s1. The Labute approximate surface area is 135 Å². The molecular formula is C14H13N3O3S2. The summed E-state index contributed by atoms with van der Waals surface area (Å²) < 4.78 is 0. The monoisotopic (exact) mass is 335 g/mol. The minimum atomic E-state index is -1.10. The molecule has 8 heteroatoms. The zero-order valence-corrected chi connectivity index (χ0v) is 13.0. The van der Waals surface area contributed by atoms with Crippen molar-refractivity contribution < 1.29 is 14.7 Å². The third-order valence-corrected chi connectivity index (χ3v) is 5.69.